The zero-order valence-electron chi connectivity index (χ0n) is 22.3. The van der Waals surface area contributed by atoms with Crippen LogP contribution in [0.2, 0.25) is 13.1 Å². The first-order valence-corrected chi connectivity index (χ1v) is 17.9. The normalized spacial score (nSPS) is 20.6. The van der Waals surface area contributed by atoms with Gasteiger partial charge in [0.2, 0.25) is 0 Å². The van der Waals surface area contributed by atoms with Gasteiger partial charge in [0.05, 0.1) is 8.07 Å². The van der Waals surface area contributed by atoms with Gasteiger partial charge in [-0.15, -0.1) is 11.3 Å². The van der Waals surface area contributed by atoms with E-state index in [0.29, 0.717) is 9.54 Å². The van der Waals surface area contributed by atoms with Gasteiger partial charge in [-0.1, -0.05) is 23.9 Å². The Balaban J connectivity index is 0.000000208. The Morgan fingerprint density at radius 1 is 0.972 bits per heavy atom. The van der Waals surface area contributed by atoms with E-state index < -0.39 is 8.07 Å². The number of benzene rings is 2. The van der Waals surface area contributed by atoms with Crippen LogP contribution < -0.4 is 24.8 Å². The number of halogens is 2. The Labute approximate surface area is 250 Å². The van der Waals surface area contributed by atoms with E-state index >= 15 is 0 Å². The maximum Gasteiger partial charge on any atom is -1.00 e. The Hall–Kier alpha value is -0.700. The average molecular weight is 630 g/mol. The fourth-order valence-electron chi connectivity index (χ4n) is 6.32. The minimum absolute atomic E-state index is 0. The van der Waals surface area contributed by atoms with Crippen molar-refractivity contribution in [2.45, 2.75) is 69.2 Å². The van der Waals surface area contributed by atoms with Crippen LogP contribution in [0, 0.1) is 6.92 Å². The third-order valence-corrected chi connectivity index (χ3v) is 15.6. The molecule has 0 radical (unpaired) electrons. The van der Waals surface area contributed by atoms with Gasteiger partial charge in [0.25, 0.3) is 0 Å². The maximum atomic E-state index is 2.52. The molecule has 1 aromatic heterocycles. The first kappa shape index (κ1) is 29.9. The van der Waals surface area contributed by atoms with Crippen molar-refractivity contribution in [1.82, 2.24) is 0 Å². The number of rotatable bonds is 3. The number of hydrogen-bond donors (Lipinski definition) is 0. The number of allylic oxidation sites excluding steroid dienone is 2. The summed E-state index contributed by atoms with van der Waals surface area (Å²) in [4.78, 5) is 3.19. The van der Waals surface area contributed by atoms with E-state index in [1.165, 1.54) is 44.7 Å². The quantitative estimate of drug-likeness (QED) is 0.389. The predicted molar refractivity (Wildman–Crippen MR) is 149 cm³/mol. The molecule has 0 N–H and O–H groups in total. The minimum atomic E-state index is -0.995. The van der Waals surface area contributed by atoms with Gasteiger partial charge in [0.1, 0.15) is 0 Å². The van der Waals surface area contributed by atoms with E-state index in [2.05, 4.69) is 102 Å². The van der Waals surface area contributed by atoms with E-state index in [-0.39, 0.29) is 24.8 Å². The van der Waals surface area contributed by atoms with Crippen molar-refractivity contribution >= 4 is 30.7 Å². The second-order valence-corrected chi connectivity index (χ2v) is 18.1. The van der Waals surface area contributed by atoms with Gasteiger partial charge in [-0.2, -0.15) is 0 Å². The summed E-state index contributed by atoms with van der Waals surface area (Å²) in [6, 6.07) is 18.3. The average Bonchev–Trinajstić information content (AvgIpc) is 3.47. The Bertz CT molecular complexity index is 1330. The Kier molecular flexibility index (Phi) is 9.28. The zero-order chi connectivity index (χ0) is 24.4. The van der Waals surface area contributed by atoms with Crippen molar-refractivity contribution in [2.75, 3.05) is 0 Å². The maximum absolute atomic E-state index is 2.52. The third-order valence-electron chi connectivity index (χ3n) is 8.29. The van der Waals surface area contributed by atoms with Gasteiger partial charge in [-0.05, 0) is 25.5 Å². The molecule has 7 rings (SSSR count). The van der Waals surface area contributed by atoms with E-state index in [1.807, 2.05) is 11.3 Å². The molecule has 0 saturated heterocycles. The molecule has 4 aliphatic rings. The van der Waals surface area contributed by atoms with Crippen LogP contribution in [0.15, 0.2) is 59.7 Å². The number of fused-ring (bicyclic) bond motifs is 1. The van der Waals surface area contributed by atoms with Crippen molar-refractivity contribution in [2.24, 2.45) is 0 Å². The van der Waals surface area contributed by atoms with Gasteiger partial charge < -0.3 is 24.8 Å². The largest absolute Gasteiger partial charge is 1.00 e. The molecule has 0 spiro atoms. The van der Waals surface area contributed by atoms with E-state index in [9.17, 15) is 0 Å². The molecule has 187 valence electrons. The molecule has 2 aliphatic carbocycles. The summed E-state index contributed by atoms with van der Waals surface area (Å²) in [6.45, 7) is 16.4. The third kappa shape index (κ3) is 4.77. The van der Waals surface area contributed by atoms with Crippen molar-refractivity contribution < 1.29 is 49.5 Å². The molecule has 2 bridgehead atoms. The van der Waals surface area contributed by atoms with Gasteiger partial charge in [-0.3, -0.25) is 0 Å². The molecule has 0 saturated carbocycles. The Morgan fingerprint density at radius 3 is 2.22 bits per heavy atom. The summed E-state index contributed by atoms with van der Waals surface area (Å²) in [6.07, 6.45) is 3.58. The molecule has 3 heterocycles. The zero-order valence-corrected chi connectivity index (χ0v) is 28.1. The topological polar surface area (TPSA) is 0 Å². The smallest absolute Gasteiger partial charge is 1.00 e. The van der Waals surface area contributed by atoms with Crippen molar-refractivity contribution in [3.63, 3.8) is 0 Å². The fourth-order valence-corrected chi connectivity index (χ4v) is 13.5. The SMILES string of the molecule is CC1=C2c3cc(C)sc3C1[Si]2(C)C.CCC(C)c1ccc(-c2cccc3c2C=C(C)[CH]3[Zr+2])cc1.[Cl-].[Cl-]. The minimum Gasteiger partial charge on any atom is -1.00 e. The molecule has 3 aromatic rings. The Morgan fingerprint density at radius 2 is 1.64 bits per heavy atom. The van der Waals surface area contributed by atoms with Crippen LogP contribution in [-0.4, -0.2) is 8.07 Å². The molecular weight excluding hydrogens is 595 g/mol. The summed E-state index contributed by atoms with van der Waals surface area (Å²) >= 11 is 3.61. The molecule has 3 unspecified atom stereocenters. The molecule has 2 aromatic carbocycles. The van der Waals surface area contributed by atoms with Crippen LogP contribution in [0.4, 0.5) is 0 Å². The first-order chi connectivity index (χ1) is 16.1. The summed E-state index contributed by atoms with van der Waals surface area (Å²) in [5.41, 5.74) is 12.8. The summed E-state index contributed by atoms with van der Waals surface area (Å²) in [5, 5.41) is 1.77. The standard InChI is InChI=1S/C20H21.C11H14SSi.2ClH.Zr/c1-4-15(3)16-8-10-17(11-9-16)19-7-5-6-18-12-14(2)13-20(18)19;1-6-5-8-9(12-6)11-7(2)10(8)13(11,3)4;;;/h5-13,15H,4H2,1-3H3;5,11H,1-4H3;2*1H;/q;;;;+2/p-2. The second-order valence-electron chi connectivity index (χ2n) is 10.9. The first-order valence-electron chi connectivity index (χ1n) is 12.6. The van der Waals surface area contributed by atoms with E-state index in [1.54, 1.807) is 45.9 Å². The van der Waals surface area contributed by atoms with Crippen LogP contribution in [0.1, 0.15) is 81.2 Å². The van der Waals surface area contributed by atoms with Crippen LogP contribution in [0.5, 0.6) is 0 Å². The van der Waals surface area contributed by atoms with Gasteiger partial charge in [0.15, 0.2) is 0 Å². The van der Waals surface area contributed by atoms with Gasteiger partial charge in [0, 0.05) is 15.3 Å². The van der Waals surface area contributed by atoms with Crippen LogP contribution >= 0.6 is 11.3 Å². The van der Waals surface area contributed by atoms with Crippen molar-refractivity contribution in [3.8, 4) is 11.1 Å². The molecule has 0 nitrogen and oxygen atoms in total. The summed E-state index contributed by atoms with van der Waals surface area (Å²) in [5.74, 6) is 0.645. The molecule has 5 heteroatoms. The molecule has 2 aliphatic heterocycles. The second kappa shape index (κ2) is 11.2. The van der Waals surface area contributed by atoms with Crippen LogP contribution in [0.25, 0.3) is 22.4 Å². The molecule has 3 atom stereocenters. The van der Waals surface area contributed by atoms with Gasteiger partial charge in [-0.25, -0.2) is 0 Å². The van der Waals surface area contributed by atoms with E-state index in [0.717, 1.165) is 5.54 Å². The fraction of sp³-hybridized carbons (Fsp3) is 0.355. The molecule has 36 heavy (non-hydrogen) atoms. The number of hydrogen-bond acceptors (Lipinski definition) is 1. The number of thiophene rings is 1. The van der Waals surface area contributed by atoms with Crippen molar-refractivity contribution in [1.29, 1.82) is 0 Å². The summed E-state index contributed by atoms with van der Waals surface area (Å²) < 4.78 is 0.645. The van der Waals surface area contributed by atoms with Crippen molar-refractivity contribution in [3.05, 3.63) is 91.7 Å². The predicted octanol–water partition coefficient (Wildman–Crippen LogP) is 3.61. The summed E-state index contributed by atoms with van der Waals surface area (Å²) in [7, 11) is -0.995. The van der Waals surface area contributed by atoms with Crippen LogP contribution in [0.3, 0.4) is 0 Å². The van der Waals surface area contributed by atoms with E-state index in [4.69, 9.17) is 0 Å². The molecule has 0 amide bonds. The van der Waals surface area contributed by atoms with Crippen LogP contribution in [-0.2, 0) is 24.7 Å². The molecular formula is C31H35Cl2SSiZr. The number of aryl methyl sites for hydroxylation is 1. The monoisotopic (exact) mass is 627 g/mol. The molecule has 0 fully saturated rings. The van der Waals surface area contributed by atoms with Gasteiger partial charge >= 0.3 is 143 Å².